The molecule has 0 saturated carbocycles. The van der Waals surface area contributed by atoms with Crippen molar-refractivity contribution in [3.05, 3.63) is 246 Å². The lowest BCUT2D eigenvalue weighted by molar-refractivity contribution is -0.191. The summed E-state index contributed by atoms with van der Waals surface area (Å²) in [5, 5.41) is 54.8. The second-order valence-electron chi connectivity index (χ2n) is 22.4. The summed E-state index contributed by atoms with van der Waals surface area (Å²) in [5.41, 5.74) is 6.85. The molecule has 492 valence electrons. The topological polar surface area (TPSA) is 258 Å². The fraction of sp³-hybridized carbons (Fsp3) is 0.310. The summed E-state index contributed by atoms with van der Waals surface area (Å²) in [5.74, 6) is -6.31. The Labute approximate surface area is 538 Å². The monoisotopic (exact) mass is 1300 g/mol. The summed E-state index contributed by atoms with van der Waals surface area (Å²) >= 11 is 5.72. The molecule has 15 nitrogen and oxygen atoms in total. The van der Waals surface area contributed by atoms with Crippen LogP contribution in [-0.4, -0.2) is 73.8 Å². The van der Waals surface area contributed by atoms with Gasteiger partial charge >= 0.3 is 36.0 Å². The van der Waals surface area contributed by atoms with Crippen LogP contribution < -0.4 is 0 Å². The van der Waals surface area contributed by atoms with Crippen molar-refractivity contribution in [1.82, 2.24) is 0 Å². The number of nitrogens with zero attached hydrogens (tertiary/aromatic N) is 3. The van der Waals surface area contributed by atoms with Gasteiger partial charge in [0.05, 0.1) is 38.6 Å². The molecule has 0 radical (unpaired) electrons. The molecule has 0 aromatic heterocycles. The van der Waals surface area contributed by atoms with Gasteiger partial charge in [-0.05, 0) is 158 Å². The molecule has 7 aromatic rings. The highest BCUT2D eigenvalue weighted by Gasteiger charge is 2.18. The Balaban J connectivity index is 0.000000534. The first-order valence-electron chi connectivity index (χ1n) is 28.9. The summed E-state index contributed by atoms with van der Waals surface area (Å²) in [6.45, 7) is 27.8. The highest BCUT2D eigenvalue weighted by atomic mass is 35.5. The van der Waals surface area contributed by atoms with Crippen molar-refractivity contribution in [2.45, 2.75) is 138 Å². The lowest BCUT2D eigenvalue weighted by atomic mass is 9.97. The zero-order chi connectivity index (χ0) is 70.3. The summed E-state index contributed by atoms with van der Waals surface area (Å²) < 4.78 is 65.6. The van der Waals surface area contributed by atoms with Gasteiger partial charge in [-0.15, -0.1) is 5.10 Å². The van der Waals surface area contributed by atoms with E-state index in [1.54, 1.807) is 36.4 Å². The molecular weight excluding hydrogens is 1220 g/mol. The molecule has 0 aliphatic carbocycles. The maximum atomic E-state index is 13.5. The number of carbonyl (C=O) groups excluding carboxylic acids is 2. The average molecular weight is 1300 g/mol. The van der Waals surface area contributed by atoms with E-state index in [4.69, 9.17) is 46.7 Å². The highest BCUT2D eigenvalue weighted by molar-refractivity contribution is 6.33. The van der Waals surface area contributed by atoms with E-state index < -0.39 is 47.3 Å². The first-order chi connectivity index (χ1) is 43.0. The number of carbonyl (C=O) groups is 5. The van der Waals surface area contributed by atoms with Gasteiger partial charge in [0.2, 0.25) is 0 Å². The molecule has 0 fully saturated rings. The van der Waals surface area contributed by atoms with Gasteiger partial charge < -0.3 is 25.5 Å². The van der Waals surface area contributed by atoms with Crippen molar-refractivity contribution in [3.63, 3.8) is 0 Å². The zero-order valence-corrected chi connectivity index (χ0v) is 54.5. The van der Waals surface area contributed by atoms with Crippen molar-refractivity contribution < 1.29 is 81.0 Å². The van der Waals surface area contributed by atoms with Crippen molar-refractivity contribution in [1.29, 1.82) is 0 Å². The van der Waals surface area contributed by atoms with Crippen LogP contribution in [-0.2, 0) is 9.59 Å². The molecule has 1 aliphatic heterocycles. The number of hydrogen-bond donors (Lipinski definition) is 5. The molecule has 0 atom stereocenters. The fourth-order valence-corrected chi connectivity index (χ4v) is 8.14. The van der Waals surface area contributed by atoms with E-state index in [1.165, 1.54) is 60.2 Å². The minimum atomic E-state index is -1.22. The second kappa shape index (κ2) is 40.3. The van der Waals surface area contributed by atoms with Crippen molar-refractivity contribution in [2.75, 3.05) is 6.54 Å². The number of hydrogen-bond acceptors (Lipinski definition) is 10. The molecule has 7 aromatic carbocycles. The van der Waals surface area contributed by atoms with Crippen molar-refractivity contribution in [2.24, 2.45) is 15.4 Å². The third-order valence-electron chi connectivity index (χ3n) is 13.3. The van der Waals surface area contributed by atoms with Gasteiger partial charge in [-0.3, -0.25) is 0 Å². The van der Waals surface area contributed by atoms with Crippen LogP contribution in [0.4, 0.5) is 22.0 Å². The molecule has 1 heterocycles. The lowest BCUT2D eigenvalue weighted by Gasteiger charge is -2.08. The maximum Gasteiger partial charge on any atom is 0.373 e. The molecular formula is C71H79ClF5N3O12. The summed E-state index contributed by atoms with van der Waals surface area (Å²) in [4.78, 5) is 69.4. The number of carboxylic acids is 5. The minimum absolute atomic E-state index is 0.000648. The Morgan fingerprint density at radius 3 is 1.30 bits per heavy atom. The molecule has 0 unspecified atom stereocenters. The number of carboxylic acid groups (broad SMARTS) is 5. The Hall–Kier alpha value is -9.52. The van der Waals surface area contributed by atoms with E-state index in [1.807, 2.05) is 87.4 Å². The third kappa shape index (κ3) is 27.3. The Bertz CT molecular complexity index is 3590. The van der Waals surface area contributed by atoms with Gasteiger partial charge in [-0.25, -0.2) is 45.9 Å². The zero-order valence-electron chi connectivity index (χ0n) is 53.7. The molecule has 21 heteroatoms. The van der Waals surface area contributed by atoms with Crippen LogP contribution in [0, 0.1) is 29.1 Å². The quantitative estimate of drug-likeness (QED) is 0.0676. The van der Waals surface area contributed by atoms with E-state index in [0.717, 1.165) is 22.8 Å². The SMILES string of the molecule is CC(C)c1cc(C(=O)O)ccc1F.CC(C)c1ccc(Cl)c(C(=O)O)c1.CC(C)c1ccc(F)c(C(=O)O)c1.CC(C)c1ccc(F)c(C2=NN=NC2)c1.CC(C)c1ccc(F)cc1C(=O)O.CC(C)c1cccc(C(=O)O)c1F.CC(C)c1ccccc1.O=C=O. The third-order valence-corrected chi connectivity index (χ3v) is 13.6. The first-order valence-corrected chi connectivity index (χ1v) is 29.3. The normalized spacial score (nSPS) is 10.9. The van der Waals surface area contributed by atoms with Gasteiger partial charge in [-0.1, -0.05) is 175 Å². The summed E-state index contributed by atoms with van der Waals surface area (Å²) in [6, 6.07) is 37.0. The van der Waals surface area contributed by atoms with Crippen LogP contribution >= 0.6 is 11.6 Å². The molecule has 0 saturated heterocycles. The Kier molecular flexibility index (Phi) is 35.2. The van der Waals surface area contributed by atoms with Gasteiger partial charge in [0.15, 0.2) is 0 Å². The Morgan fingerprint density at radius 1 is 0.413 bits per heavy atom. The summed E-state index contributed by atoms with van der Waals surface area (Å²) in [6.07, 6.45) is 0.250. The number of halogens is 6. The molecule has 1 aliphatic rings. The lowest BCUT2D eigenvalue weighted by Crippen LogP contribution is -2.06. The molecule has 92 heavy (non-hydrogen) atoms. The highest BCUT2D eigenvalue weighted by Crippen LogP contribution is 2.26. The second-order valence-corrected chi connectivity index (χ2v) is 22.8. The smallest absolute Gasteiger partial charge is 0.373 e. The van der Waals surface area contributed by atoms with Crippen LogP contribution in [0.2, 0.25) is 5.02 Å². The fourth-order valence-electron chi connectivity index (χ4n) is 7.95. The maximum absolute atomic E-state index is 13.5. The standard InChI is InChI=1S/C11H12FN3.C10H11ClO2.4C10H11FO2.C9H12.CO2/c1-7(2)8-3-4-10(12)9(5-8)11-6-13-15-14-11;1-6(2)7-3-4-9(11)8(5-7)10(12)13;1-6(2)8-5-7(10(12)13)3-4-9(8)11;1-6(2)8-4-3-7(11)5-9(8)10(12)13;1-6(2)7-3-4-9(11)8(5-7)10(12)13;1-6(2)7-4-3-5-8(9(7)11)10(12)13;1-8(2)9-6-4-3-5-7-9;2-1-3/h3-5,7H,6H2,1-2H3;5*3-6H,1-2H3,(H,12,13);3-8H,1-2H3;. The Morgan fingerprint density at radius 2 is 0.870 bits per heavy atom. The molecule has 0 spiro atoms. The van der Waals surface area contributed by atoms with E-state index in [2.05, 4.69) is 67.4 Å². The van der Waals surface area contributed by atoms with Crippen LogP contribution in [0.5, 0.6) is 0 Å². The van der Waals surface area contributed by atoms with E-state index in [9.17, 15) is 45.9 Å². The van der Waals surface area contributed by atoms with Crippen molar-refractivity contribution >= 4 is 53.3 Å². The molecule has 0 amide bonds. The van der Waals surface area contributed by atoms with Gasteiger partial charge in [0, 0.05) is 5.56 Å². The number of aromatic carboxylic acids is 5. The van der Waals surface area contributed by atoms with Gasteiger partial charge in [0.1, 0.15) is 35.6 Å². The van der Waals surface area contributed by atoms with E-state index >= 15 is 0 Å². The van der Waals surface area contributed by atoms with Crippen molar-refractivity contribution in [3.8, 4) is 0 Å². The van der Waals surface area contributed by atoms with E-state index in [-0.39, 0.29) is 74.3 Å². The molecule has 5 N–H and O–H groups in total. The molecule has 0 bridgehead atoms. The average Bonchev–Trinajstić information content (AvgIpc) is 1.90. The van der Waals surface area contributed by atoms with Crippen LogP contribution in [0.1, 0.15) is 235 Å². The van der Waals surface area contributed by atoms with Crippen LogP contribution in [0.3, 0.4) is 0 Å². The predicted octanol–water partition coefficient (Wildman–Crippen LogP) is 19.1. The van der Waals surface area contributed by atoms with Crippen LogP contribution in [0.15, 0.2) is 155 Å². The predicted molar refractivity (Wildman–Crippen MR) is 345 cm³/mol. The largest absolute Gasteiger partial charge is 0.478 e. The molecule has 8 rings (SSSR count). The summed E-state index contributed by atoms with van der Waals surface area (Å²) in [7, 11) is 0. The van der Waals surface area contributed by atoms with Crippen LogP contribution in [0.25, 0.3) is 0 Å². The van der Waals surface area contributed by atoms with Gasteiger partial charge in [0.25, 0.3) is 0 Å². The number of rotatable bonds is 13. The van der Waals surface area contributed by atoms with Gasteiger partial charge in [-0.2, -0.15) is 14.7 Å². The van der Waals surface area contributed by atoms with E-state index in [0.29, 0.717) is 52.3 Å². The minimum Gasteiger partial charge on any atom is -0.478 e. The number of benzene rings is 7. The first kappa shape index (κ1) is 80.5.